The van der Waals surface area contributed by atoms with Gasteiger partial charge in [-0.1, -0.05) is 25.5 Å². The van der Waals surface area contributed by atoms with Crippen molar-refractivity contribution in [3.05, 3.63) is 11.6 Å². The molecular weight excluding hydrogens is 300 g/mol. The summed E-state index contributed by atoms with van der Waals surface area (Å²) in [5.41, 5.74) is 2.04. The molecule has 0 amide bonds. The van der Waals surface area contributed by atoms with Gasteiger partial charge in [0.1, 0.15) is 6.10 Å². The summed E-state index contributed by atoms with van der Waals surface area (Å²) >= 11 is 0. The molecule has 1 heterocycles. The quantitative estimate of drug-likeness (QED) is 0.542. The van der Waals surface area contributed by atoms with Crippen LogP contribution in [-0.4, -0.2) is 23.3 Å². The predicted octanol–water partition coefficient (Wildman–Crippen LogP) is 3.85. The maximum absolute atomic E-state index is 11.8. The molecule has 5 aliphatic rings. The molecule has 1 aliphatic heterocycles. The minimum Gasteiger partial charge on any atom is -0.461 e. The number of aliphatic hydroxyl groups is 1. The van der Waals surface area contributed by atoms with Crippen LogP contribution in [0.2, 0.25) is 0 Å². The van der Waals surface area contributed by atoms with E-state index < -0.39 is 0 Å². The number of aliphatic hydroxyl groups excluding tert-OH is 1. The van der Waals surface area contributed by atoms with Gasteiger partial charge in [-0.2, -0.15) is 0 Å². The van der Waals surface area contributed by atoms with Crippen LogP contribution >= 0.6 is 0 Å². The molecule has 3 heteroatoms. The largest absolute Gasteiger partial charge is 0.461 e. The molecule has 24 heavy (non-hydrogen) atoms. The summed E-state index contributed by atoms with van der Waals surface area (Å²) in [5, 5.41) is 10.1. The Morgan fingerprint density at radius 1 is 1.17 bits per heavy atom. The summed E-state index contributed by atoms with van der Waals surface area (Å²) < 4.78 is 5.80. The molecule has 0 radical (unpaired) electrons. The van der Waals surface area contributed by atoms with Gasteiger partial charge >= 0.3 is 5.97 Å². The van der Waals surface area contributed by atoms with Crippen LogP contribution in [0.15, 0.2) is 11.6 Å². The van der Waals surface area contributed by atoms with Gasteiger partial charge in [-0.3, -0.25) is 4.79 Å². The SMILES string of the molecule is C[C@]12CC[C@@H]3[C@H](CC=C4C[C@@H](O)CC[C@@]43C)[C@H]1C[C@@H]1CC(=O)O[C@@H]12. The normalized spacial score (nSPS) is 55.8. The topological polar surface area (TPSA) is 46.5 Å². The number of hydrogen-bond acceptors (Lipinski definition) is 3. The first-order chi connectivity index (χ1) is 11.4. The first-order valence-corrected chi connectivity index (χ1v) is 9.99. The minimum atomic E-state index is -0.125. The summed E-state index contributed by atoms with van der Waals surface area (Å²) in [7, 11) is 0. The molecule has 0 unspecified atom stereocenters. The lowest BCUT2D eigenvalue weighted by molar-refractivity contribution is -0.151. The van der Waals surface area contributed by atoms with E-state index in [1.165, 1.54) is 31.3 Å². The van der Waals surface area contributed by atoms with E-state index in [2.05, 4.69) is 19.9 Å². The molecule has 1 saturated heterocycles. The van der Waals surface area contributed by atoms with Crippen LogP contribution < -0.4 is 0 Å². The third kappa shape index (κ3) is 1.85. The van der Waals surface area contributed by atoms with Crippen LogP contribution in [-0.2, 0) is 9.53 Å². The van der Waals surface area contributed by atoms with Crippen LogP contribution in [0.1, 0.15) is 65.2 Å². The number of rotatable bonds is 0. The maximum Gasteiger partial charge on any atom is 0.306 e. The second-order valence-electron chi connectivity index (χ2n) is 9.81. The molecule has 132 valence electrons. The van der Waals surface area contributed by atoms with Crippen molar-refractivity contribution in [3.63, 3.8) is 0 Å². The third-order valence-electron chi connectivity index (χ3n) is 8.84. The molecule has 0 aromatic heterocycles. The second-order valence-corrected chi connectivity index (χ2v) is 9.81. The van der Waals surface area contributed by atoms with Gasteiger partial charge in [0.25, 0.3) is 0 Å². The third-order valence-corrected chi connectivity index (χ3v) is 8.84. The molecule has 3 nitrogen and oxygen atoms in total. The minimum absolute atomic E-state index is 0.0332. The van der Waals surface area contributed by atoms with Gasteiger partial charge in [0.2, 0.25) is 0 Å². The van der Waals surface area contributed by atoms with Gasteiger partial charge in [0, 0.05) is 11.3 Å². The highest BCUT2D eigenvalue weighted by atomic mass is 16.6. The summed E-state index contributed by atoms with van der Waals surface area (Å²) in [6.45, 7) is 4.88. The van der Waals surface area contributed by atoms with E-state index >= 15 is 0 Å². The molecule has 4 fully saturated rings. The Hall–Kier alpha value is -0.830. The molecule has 4 aliphatic carbocycles. The molecular formula is C21H30O3. The maximum atomic E-state index is 11.8. The van der Waals surface area contributed by atoms with Crippen LogP contribution in [0.4, 0.5) is 0 Å². The number of allylic oxidation sites excluding steroid dienone is 1. The van der Waals surface area contributed by atoms with Crippen molar-refractivity contribution in [2.75, 3.05) is 0 Å². The molecule has 0 aromatic carbocycles. The van der Waals surface area contributed by atoms with Crippen molar-refractivity contribution in [2.45, 2.75) is 77.4 Å². The zero-order valence-electron chi connectivity index (χ0n) is 15.0. The number of carbonyl (C=O) groups is 1. The van der Waals surface area contributed by atoms with Crippen molar-refractivity contribution in [2.24, 2.45) is 34.5 Å². The van der Waals surface area contributed by atoms with E-state index in [0.717, 1.165) is 31.1 Å². The van der Waals surface area contributed by atoms with Gasteiger partial charge in [0.05, 0.1) is 12.5 Å². The number of carbonyl (C=O) groups excluding carboxylic acids is 1. The molecule has 1 N–H and O–H groups in total. The monoisotopic (exact) mass is 330 g/mol. The molecule has 8 atom stereocenters. The van der Waals surface area contributed by atoms with Gasteiger partial charge in [0.15, 0.2) is 0 Å². The van der Waals surface area contributed by atoms with Crippen molar-refractivity contribution < 1.29 is 14.6 Å². The molecule has 0 aromatic rings. The summed E-state index contributed by atoms with van der Waals surface area (Å²) in [5.74, 6) is 2.72. The lowest BCUT2D eigenvalue weighted by Crippen LogP contribution is -2.51. The zero-order valence-corrected chi connectivity index (χ0v) is 15.0. The van der Waals surface area contributed by atoms with E-state index in [-0.39, 0.29) is 23.6 Å². The fraction of sp³-hybridized carbons (Fsp3) is 0.857. The standard InChI is InChI=1S/C21H30O3/c1-20-7-5-14(22)11-13(20)3-4-15-16(20)6-8-21(2)17(15)9-12-10-18(23)24-19(12)21/h3,12,14-17,19,22H,4-11H2,1-2H3/t12-,14+,15+,16-,17-,19+,20+,21+/m1/s1. The molecule has 3 saturated carbocycles. The number of fused-ring (bicyclic) bond motifs is 7. The summed E-state index contributed by atoms with van der Waals surface area (Å²) in [6.07, 6.45) is 11.0. The van der Waals surface area contributed by atoms with Crippen LogP contribution in [0.25, 0.3) is 0 Å². The second kappa shape index (κ2) is 4.87. The summed E-state index contributed by atoms with van der Waals surface area (Å²) in [4.78, 5) is 11.8. The van der Waals surface area contributed by atoms with Crippen LogP contribution in [0.5, 0.6) is 0 Å². The lowest BCUT2D eigenvalue weighted by Gasteiger charge is -2.57. The average Bonchev–Trinajstić information content (AvgIpc) is 3.03. The molecule has 0 bridgehead atoms. The predicted molar refractivity (Wildman–Crippen MR) is 91.1 cm³/mol. The van der Waals surface area contributed by atoms with E-state index in [9.17, 15) is 9.90 Å². The Bertz CT molecular complexity index is 610. The first kappa shape index (κ1) is 15.4. The van der Waals surface area contributed by atoms with Gasteiger partial charge in [-0.25, -0.2) is 0 Å². The van der Waals surface area contributed by atoms with Crippen molar-refractivity contribution >= 4 is 5.97 Å². The van der Waals surface area contributed by atoms with Gasteiger partial charge < -0.3 is 9.84 Å². The highest BCUT2D eigenvalue weighted by Gasteiger charge is 2.63. The number of ether oxygens (including phenoxy) is 1. The summed E-state index contributed by atoms with van der Waals surface area (Å²) in [6, 6.07) is 0. The van der Waals surface area contributed by atoms with Gasteiger partial charge in [-0.15, -0.1) is 0 Å². The fourth-order valence-electron chi connectivity index (χ4n) is 7.60. The smallest absolute Gasteiger partial charge is 0.306 e. The Morgan fingerprint density at radius 3 is 2.83 bits per heavy atom. The zero-order chi connectivity index (χ0) is 16.7. The van der Waals surface area contributed by atoms with Crippen LogP contribution in [0, 0.1) is 34.5 Å². The van der Waals surface area contributed by atoms with Crippen LogP contribution in [0.3, 0.4) is 0 Å². The van der Waals surface area contributed by atoms with E-state index in [1.54, 1.807) is 0 Å². The first-order valence-electron chi connectivity index (χ1n) is 9.99. The fourth-order valence-corrected chi connectivity index (χ4v) is 7.60. The Balaban J connectivity index is 1.48. The Kier molecular flexibility index (Phi) is 3.13. The van der Waals surface area contributed by atoms with Crippen molar-refractivity contribution in [3.8, 4) is 0 Å². The van der Waals surface area contributed by atoms with Crippen molar-refractivity contribution in [1.82, 2.24) is 0 Å². The number of hydrogen-bond donors (Lipinski definition) is 1. The van der Waals surface area contributed by atoms with Crippen molar-refractivity contribution in [1.29, 1.82) is 0 Å². The van der Waals surface area contributed by atoms with E-state index in [0.29, 0.717) is 23.7 Å². The Morgan fingerprint density at radius 2 is 2.00 bits per heavy atom. The van der Waals surface area contributed by atoms with E-state index in [4.69, 9.17) is 4.74 Å². The highest BCUT2D eigenvalue weighted by molar-refractivity contribution is 5.72. The Labute approximate surface area is 144 Å². The molecule has 5 rings (SSSR count). The van der Waals surface area contributed by atoms with Gasteiger partial charge in [-0.05, 0) is 68.1 Å². The molecule has 0 spiro atoms. The number of esters is 1. The highest BCUT2D eigenvalue weighted by Crippen LogP contribution is 2.67. The lowest BCUT2D eigenvalue weighted by atomic mass is 9.48. The average molecular weight is 330 g/mol. The van der Waals surface area contributed by atoms with E-state index in [1.807, 2.05) is 0 Å².